The summed E-state index contributed by atoms with van der Waals surface area (Å²) in [5, 5.41) is 19.2. The first-order valence-corrected chi connectivity index (χ1v) is 3.95. The average Bonchev–Trinajstić information content (AvgIpc) is 2.02. The fourth-order valence-electron chi connectivity index (χ4n) is 1.13. The Hall–Kier alpha value is -1.30. The Labute approximate surface area is 79.3 Å². The number of nitrogens with zero attached hydrogens (tertiary/aromatic N) is 1. The van der Waals surface area contributed by atoms with E-state index in [4.69, 9.17) is 5.11 Å². The summed E-state index contributed by atoms with van der Waals surface area (Å²) < 4.78 is 0. The first-order valence-electron chi connectivity index (χ1n) is 3.51. The topological polar surface area (TPSA) is 80.4 Å². The van der Waals surface area contributed by atoms with Gasteiger partial charge in [0.1, 0.15) is 0 Å². The van der Waals surface area contributed by atoms with Crippen LogP contribution < -0.4 is 0 Å². The molecular formula is C7H7NO4S. The van der Waals surface area contributed by atoms with Crippen LogP contribution in [0.15, 0.2) is 22.8 Å². The smallest absolute Gasteiger partial charge is 0.317 e. The van der Waals surface area contributed by atoms with Gasteiger partial charge in [-0.05, 0) is 12.5 Å². The molecule has 0 saturated carbocycles. The molecule has 1 aliphatic rings. The summed E-state index contributed by atoms with van der Waals surface area (Å²) in [5.41, 5.74) is -0.335. The molecule has 0 radical (unpaired) electrons. The Morgan fingerprint density at radius 1 is 1.77 bits per heavy atom. The quantitative estimate of drug-likeness (QED) is 0.397. The third kappa shape index (κ3) is 1.89. The maximum Gasteiger partial charge on any atom is 0.317 e. The molecule has 1 unspecified atom stereocenters. The van der Waals surface area contributed by atoms with E-state index in [9.17, 15) is 14.9 Å². The molecule has 5 nitrogen and oxygen atoms in total. The van der Waals surface area contributed by atoms with Crippen molar-refractivity contribution in [1.29, 1.82) is 0 Å². The Balaban J connectivity index is 3.10. The summed E-state index contributed by atoms with van der Waals surface area (Å²) >= 11 is 3.84. The van der Waals surface area contributed by atoms with Crippen molar-refractivity contribution in [3.8, 4) is 0 Å². The van der Waals surface area contributed by atoms with Gasteiger partial charge in [0.2, 0.25) is 0 Å². The Bertz CT molecular complexity index is 320. The van der Waals surface area contributed by atoms with Crippen LogP contribution in [0.25, 0.3) is 0 Å². The number of allylic oxidation sites excluding steroid dienone is 2. The number of nitro groups is 1. The minimum atomic E-state index is -1.19. The standard InChI is InChI=1S/C7H7NO4S/c9-7(10)4-2-1-3-5(13)6(4)8(11)12/h1,3-4,13H,2H2,(H,9,10). The first-order chi connectivity index (χ1) is 6.04. The van der Waals surface area contributed by atoms with E-state index >= 15 is 0 Å². The van der Waals surface area contributed by atoms with Gasteiger partial charge in [-0.25, -0.2) is 0 Å². The van der Waals surface area contributed by atoms with Gasteiger partial charge in [-0.1, -0.05) is 6.08 Å². The van der Waals surface area contributed by atoms with E-state index in [0.717, 1.165) is 0 Å². The predicted octanol–water partition coefficient (Wildman–Crippen LogP) is 1.07. The van der Waals surface area contributed by atoms with Crippen molar-refractivity contribution in [1.82, 2.24) is 0 Å². The van der Waals surface area contributed by atoms with Crippen molar-refractivity contribution < 1.29 is 14.8 Å². The van der Waals surface area contributed by atoms with E-state index < -0.39 is 16.8 Å². The zero-order valence-electron chi connectivity index (χ0n) is 6.51. The van der Waals surface area contributed by atoms with E-state index in [-0.39, 0.29) is 17.0 Å². The summed E-state index contributed by atoms with van der Waals surface area (Å²) in [5.74, 6) is -2.27. The van der Waals surface area contributed by atoms with Crippen molar-refractivity contribution in [3.63, 3.8) is 0 Å². The van der Waals surface area contributed by atoms with Crippen LogP contribution in [0.5, 0.6) is 0 Å². The number of hydrogen-bond donors (Lipinski definition) is 2. The Morgan fingerprint density at radius 2 is 2.38 bits per heavy atom. The van der Waals surface area contributed by atoms with Crippen LogP contribution in [0.4, 0.5) is 0 Å². The summed E-state index contributed by atoms with van der Waals surface area (Å²) in [6.45, 7) is 0. The molecule has 0 heterocycles. The summed E-state index contributed by atoms with van der Waals surface area (Å²) in [4.78, 5) is 20.5. The highest BCUT2D eigenvalue weighted by atomic mass is 32.1. The van der Waals surface area contributed by atoms with Gasteiger partial charge in [-0.3, -0.25) is 14.9 Å². The summed E-state index contributed by atoms with van der Waals surface area (Å²) in [7, 11) is 0. The van der Waals surface area contributed by atoms with Crippen LogP contribution in [-0.4, -0.2) is 16.0 Å². The average molecular weight is 201 g/mol. The fraction of sp³-hybridized carbons (Fsp3) is 0.286. The molecule has 0 aliphatic heterocycles. The predicted molar refractivity (Wildman–Crippen MR) is 47.9 cm³/mol. The molecule has 0 fully saturated rings. The third-order valence-electron chi connectivity index (χ3n) is 1.73. The van der Waals surface area contributed by atoms with Crippen molar-refractivity contribution in [3.05, 3.63) is 32.9 Å². The third-order valence-corrected chi connectivity index (χ3v) is 2.11. The molecule has 1 N–H and O–H groups in total. The van der Waals surface area contributed by atoms with E-state index in [1.54, 1.807) is 6.08 Å². The van der Waals surface area contributed by atoms with Crippen LogP contribution in [0.2, 0.25) is 0 Å². The molecule has 1 rings (SSSR count). The van der Waals surface area contributed by atoms with Gasteiger partial charge in [0.15, 0.2) is 5.92 Å². The molecule has 0 spiro atoms. The van der Waals surface area contributed by atoms with Crippen LogP contribution in [0.3, 0.4) is 0 Å². The van der Waals surface area contributed by atoms with Crippen molar-refractivity contribution in [2.75, 3.05) is 0 Å². The van der Waals surface area contributed by atoms with Crippen LogP contribution in [-0.2, 0) is 4.79 Å². The van der Waals surface area contributed by atoms with Gasteiger partial charge in [0, 0.05) is 0 Å². The minimum absolute atomic E-state index is 0.114. The van der Waals surface area contributed by atoms with Gasteiger partial charge in [0.05, 0.1) is 9.83 Å². The second-order valence-electron chi connectivity index (χ2n) is 2.56. The van der Waals surface area contributed by atoms with E-state index in [2.05, 4.69) is 12.6 Å². The van der Waals surface area contributed by atoms with E-state index in [1.807, 2.05) is 0 Å². The van der Waals surface area contributed by atoms with Gasteiger partial charge in [0.25, 0.3) is 5.70 Å². The molecule has 0 aromatic rings. The molecule has 13 heavy (non-hydrogen) atoms. The minimum Gasteiger partial charge on any atom is -0.481 e. The monoisotopic (exact) mass is 201 g/mol. The summed E-state index contributed by atoms with van der Waals surface area (Å²) in [6, 6.07) is 0. The largest absolute Gasteiger partial charge is 0.481 e. The lowest BCUT2D eigenvalue weighted by Gasteiger charge is -2.11. The normalized spacial score (nSPS) is 21.8. The molecular weight excluding hydrogens is 194 g/mol. The maximum absolute atomic E-state index is 10.6. The molecule has 0 saturated heterocycles. The molecule has 0 amide bonds. The van der Waals surface area contributed by atoms with Gasteiger partial charge < -0.3 is 5.11 Å². The zero-order valence-corrected chi connectivity index (χ0v) is 7.40. The lowest BCUT2D eigenvalue weighted by Crippen LogP contribution is -2.22. The molecule has 70 valence electrons. The summed E-state index contributed by atoms with van der Waals surface area (Å²) in [6.07, 6.45) is 3.16. The first kappa shape index (κ1) is 9.79. The zero-order chi connectivity index (χ0) is 10.0. The highest BCUT2D eigenvalue weighted by molar-refractivity contribution is 7.84. The Morgan fingerprint density at radius 3 is 2.77 bits per heavy atom. The van der Waals surface area contributed by atoms with E-state index in [0.29, 0.717) is 0 Å². The van der Waals surface area contributed by atoms with Crippen molar-refractivity contribution in [2.24, 2.45) is 5.92 Å². The molecule has 1 aliphatic carbocycles. The lowest BCUT2D eigenvalue weighted by molar-refractivity contribution is -0.432. The number of carbonyl (C=O) groups is 1. The highest BCUT2D eigenvalue weighted by Crippen LogP contribution is 2.27. The van der Waals surface area contributed by atoms with Crippen molar-refractivity contribution in [2.45, 2.75) is 6.42 Å². The highest BCUT2D eigenvalue weighted by Gasteiger charge is 2.34. The van der Waals surface area contributed by atoms with E-state index in [1.165, 1.54) is 6.08 Å². The number of carboxylic acid groups (broad SMARTS) is 1. The molecule has 1 atom stereocenters. The Kier molecular flexibility index (Phi) is 2.72. The second kappa shape index (κ2) is 3.61. The molecule has 0 aromatic heterocycles. The lowest BCUT2D eigenvalue weighted by atomic mass is 9.97. The van der Waals surface area contributed by atoms with Gasteiger partial charge in [-0.2, -0.15) is 0 Å². The SMILES string of the molecule is O=C(O)C1CC=CC(S)=C1[N+](=O)[O-]. The van der Waals surface area contributed by atoms with Crippen LogP contribution in [0, 0.1) is 16.0 Å². The molecule has 6 heteroatoms. The maximum atomic E-state index is 10.6. The van der Waals surface area contributed by atoms with Crippen molar-refractivity contribution >= 4 is 18.6 Å². The number of hydrogen-bond acceptors (Lipinski definition) is 4. The van der Waals surface area contributed by atoms with Crippen LogP contribution in [0.1, 0.15) is 6.42 Å². The number of rotatable bonds is 2. The number of thiol groups is 1. The number of carboxylic acids is 1. The molecule has 0 aromatic carbocycles. The number of aliphatic carboxylic acids is 1. The van der Waals surface area contributed by atoms with Gasteiger partial charge in [-0.15, -0.1) is 12.6 Å². The van der Waals surface area contributed by atoms with Crippen LogP contribution >= 0.6 is 12.6 Å². The second-order valence-corrected chi connectivity index (χ2v) is 3.04. The van der Waals surface area contributed by atoms with Gasteiger partial charge >= 0.3 is 5.97 Å². The molecule has 0 bridgehead atoms. The fourth-order valence-corrected chi connectivity index (χ4v) is 1.47.